The van der Waals surface area contributed by atoms with Crippen LogP contribution in [0.4, 0.5) is 12.9 Å². The van der Waals surface area contributed by atoms with Gasteiger partial charge in [-0.2, -0.15) is 0 Å². The molecule has 2 atom stereocenters. The maximum absolute atomic E-state index is 11.7. The first-order valence-electron chi connectivity index (χ1n) is 2.85. The summed E-state index contributed by atoms with van der Waals surface area (Å²) >= 11 is 0. The molecule has 6 heteroatoms. The molecule has 1 aliphatic carbocycles. The Labute approximate surface area is 55.1 Å². The van der Waals surface area contributed by atoms with Gasteiger partial charge in [-0.05, 0) is 0 Å². The molecular weight excluding hydrogens is 148 g/mol. The monoisotopic (exact) mass is 153 g/mol. The van der Waals surface area contributed by atoms with Crippen molar-refractivity contribution >= 4 is 12.9 Å². The normalized spacial score (nSPS) is 31.9. The summed E-state index contributed by atoms with van der Waals surface area (Å²) in [6, 6.07) is 0. The number of carboxylic acid groups (broad SMARTS) is 1. The van der Waals surface area contributed by atoms with Crippen molar-refractivity contribution in [3.05, 3.63) is 0 Å². The largest absolute Gasteiger partial charge is 0.482 e. The third-order valence-electron chi connectivity index (χ3n) is 1.64. The summed E-state index contributed by atoms with van der Waals surface area (Å²) in [6.45, 7) is -4.91. The van der Waals surface area contributed by atoms with E-state index in [0.717, 1.165) is 0 Å². The van der Waals surface area contributed by atoms with Gasteiger partial charge >= 0.3 is 12.9 Å². The molecule has 0 heterocycles. The molecule has 0 aromatic rings. The van der Waals surface area contributed by atoms with Crippen LogP contribution in [0.25, 0.3) is 0 Å². The van der Waals surface area contributed by atoms with Crippen molar-refractivity contribution in [2.75, 3.05) is 0 Å². The van der Waals surface area contributed by atoms with E-state index in [1.807, 2.05) is 0 Å². The Balaban J connectivity index is 2.46. The number of aliphatic carboxylic acids is 1. The van der Waals surface area contributed by atoms with Gasteiger partial charge < -0.3 is 18.1 Å². The molecule has 0 unspecified atom stereocenters. The van der Waals surface area contributed by atoms with Gasteiger partial charge in [0.1, 0.15) is 0 Å². The van der Waals surface area contributed by atoms with Gasteiger partial charge in [0.25, 0.3) is 0 Å². The fourth-order valence-electron chi connectivity index (χ4n) is 0.916. The van der Waals surface area contributed by atoms with Gasteiger partial charge in [0.15, 0.2) is 0 Å². The van der Waals surface area contributed by atoms with Crippen LogP contribution >= 0.6 is 0 Å². The molecule has 0 aromatic heterocycles. The Morgan fingerprint density at radius 1 is 1.50 bits per heavy atom. The van der Waals surface area contributed by atoms with Gasteiger partial charge in [-0.1, -0.05) is 12.2 Å². The number of carbonyl (C=O) groups is 1. The second-order valence-electron chi connectivity index (χ2n) is 2.47. The molecule has 0 aromatic carbocycles. The highest BCUT2D eigenvalue weighted by Crippen LogP contribution is 2.53. The van der Waals surface area contributed by atoms with E-state index < -0.39 is 24.7 Å². The van der Waals surface area contributed by atoms with Crippen LogP contribution < -0.4 is 0 Å². The topological polar surface area (TPSA) is 37.3 Å². The number of rotatable bonds is 2. The van der Waals surface area contributed by atoms with E-state index in [9.17, 15) is 17.7 Å². The van der Waals surface area contributed by atoms with Crippen molar-refractivity contribution in [3.8, 4) is 0 Å². The van der Waals surface area contributed by atoms with E-state index in [4.69, 9.17) is 5.11 Å². The third kappa shape index (κ3) is 1.25. The Morgan fingerprint density at radius 3 is 2.10 bits per heavy atom. The maximum atomic E-state index is 11.7. The van der Waals surface area contributed by atoms with E-state index in [2.05, 4.69) is 0 Å². The zero-order valence-corrected chi connectivity index (χ0v) is 4.93. The molecule has 1 N–H and O–H groups in total. The lowest BCUT2D eigenvalue weighted by Crippen LogP contribution is -2.17. The Hall–Kier alpha value is -0.675. The first-order chi connectivity index (χ1) is 4.43. The molecule has 10 heavy (non-hydrogen) atoms. The third-order valence-corrected chi connectivity index (χ3v) is 1.64. The van der Waals surface area contributed by atoms with E-state index in [-0.39, 0.29) is 6.42 Å². The first-order valence-corrected chi connectivity index (χ1v) is 2.85. The highest BCUT2D eigenvalue weighted by atomic mass is 19.4. The van der Waals surface area contributed by atoms with Crippen LogP contribution in [-0.4, -0.2) is 18.1 Å². The van der Waals surface area contributed by atoms with Crippen LogP contribution in [0.5, 0.6) is 0 Å². The van der Waals surface area contributed by atoms with Crippen molar-refractivity contribution in [1.29, 1.82) is 0 Å². The SMILES string of the molecule is O=C(O)[C@@H]1C[C@H]1[B-](F)(F)F. The van der Waals surface area contributed by atoms with Crippen LogP contribution in [0.2, 0.25) is 5.82 Å². The second-order valence-corrected chi connectivity index (χ2v) is 2.47. The molecule has 1 fully saturated rings. The fraction of sp³-hybridized carbons (Fsp3) is 0.750. The summed E-state index contributed by atoms with van der Waals surface area (Å²) in [5.74, 6) is -4.01. The highest BCUT2D eigenvalue weighted by molar-refractivity contribution is 6.61. The van der Waals surface area contributed by atoms with E-state index >= 15 is 0 Å². The molecule has 0 saturated heterocycles. The second kappa shape index (κ2) is 1.90. The lowest BCUT2D eigenvalue weighted by molar-refractivity contribution is -0.138. The van der Waals surface area contributed by atoms with Gasteiger partial charge in [0.05, 0.1) is 0 Å². The number of hydrogen-bond donors (Lipinski definition) is 1. The van der Waals surface area contributed by atoms with Gasteiger partial charge in [0, 0.05) is 5.92 Å². The zero-order valence-electron chi connectivity index (χ0n) is 4.93. The minimum Gasteiger partial charge on any atom is -0.481 e. The van der Waals surface area contributed by atoms with Crippen molar-refractivity contribution in [1.82, 2.24) is 0 Å². The molecule has 0 aliphatic heterocycles. The van der Waals surface area contributed by atoms with Crippen LogP contribution in [0.3, 0.4) is 0 Å². The molecular formula is C4H5BF3O2-. The van der Waals surface area contributed by atoms with E-state index in [1.165, 1.54) is 0 Å². The maximum Gasteiger partial charge on any atom is 0.482 e. The Kier molecular flexibility index (Phi) is 1.41. The molecule has 0 spiro atoms. The summed E-state index contributed by atoms with van der Waals surface area (Å²) in [4.78, 5) is 9.93. The molecule has 1 aliphatic rings. The minimum absolute atomic E-state index is 0.223. The van der Waals surface area contributed by atoms with Crippen molar-refractivity contribution in [2.24, 2.45) is 5.92 Å². The molecule has 2 nitrogen and oxygen atoms in total. The van der Waals surface area contributed by atoms with E-state index in [1.54, 1.807) is 0 Å². The molecule has 0 bridgehead atoms. The zero-order chi connectivity index (χ0) is 7.94. The number of halogens is 3. The van der Waals surface area contributed by atoms with Gasteiger partial charge in [-0.25, -0.2) is 0 Å². The van der Waals surface area contributed by atoms with Crippen LogP contribution in [0.1, 0.15) is 6.42 Å². The molecule has 58 valence electrons. The Morgan fingerprint density at radius 2 is 2.00 bits per heavy atom. The van der Waals surface area contributed by atoms with Crippen LogP contribution in [0, 0.1) is 5.92 Å². The molecule has 1 rings (SSSR count). The van der Waals surface area contributed by atoms with Crippen molar-refractivity contribution in [3.63, 3.8) is 0 Å². The smallest absolute Gasteiger partial charge is 0.481 e. The lowest BCUT2D eigenvalue weighted by atomic mass is 9.82. The minimum atomic E-state index is -4.91. The predicted molar refractivity (Wildman–Crippen MR) is 28.6 cm³/mol. The average Bonchev–Trinajstić information content (AvgIpc) is 2.35. The molecule has 1 saturated carbocycles. The highest BCUT2D eigenvalue weighted by Gasteiger charge is 2.54. The lowest BCUT2D eigenvalue weighted by Gasteiger charge is -2.10. The summed E-state index contributed by atoms with van der Waals surface area (Å²) in [7, 11) is 0. The average molecular weight is 153 g/mol. The van der Waals surface area contributed by atoms with Crippen LogP contribution in [0.15, 0.2) is 0 Å². The van der Waals surface area contributed by atoms with E-state index in [0.29, 0.717) is 0 Å². The number of hydrogen-bond acceptors (Lipinski definition) is 1. The summed E-state index contributed by atoms with van der Waals surface area (Å²) in [5, 5.41) is 8.10. The van der Waals surface area contributed by atoms with Crippen LogP contribution in [-0.2, 0) is 4.79 Å². The molecule has 0 radical (unpaired) electrons. The molecule has 0 amide bonds. The standard InChI is InChI=1S/C4H5BF3O2/c6-5(7,8)3-1-2(3)4(9)10/h2-3H,1H2,(H,9,10)/q-1/t2-,3-/m1/s1. The number of carboxylic acids is 1. The quantitative estimate of drug-likeness (QED) is 0.607. The summed E-state index contributed by atoms with van der Waals surface area (Å²) in [5.41, 5.74) is 0. The van der Waals surface area contributed by atoms with Gasteiger partial charge in [0.2, 0.25) is 0 Å². The fourth-order valence-corrected chi connectivity index (χ4v) is 0.916. The van der Waals surface area contributed by atoms with Crippen molar-refractivity contribution in [2.45, 2.75) is 12.2 Å². The van der Waals surface area contributed by atoms with Gasteiger partial charge in [-0.15, -0.1) is 0 Å². The first kappa shape index (κ1) is 7.43. The van der Waals surface area contributed by atoms with Gasteiger partial charge in [-0.3, -0.25) is 4.79 Å². The predicted octanol–water partition coefficient (Wildman–Crippen LogP) is 1.31. The summed E-state index contributed by atoms with van der Waals surface area (Å²) < 4.78 is 35.0. The summed E-state index contributed by atoms with van der Waals surface area (Å²) in [6.07, 6.45) is -0.223. The van der Waals surface area contributed by atoms with Crippen molar-refractivity contribution < 1.29 is 22.8 Å². The Bertz CT molecular complexity index is 166.